The number of para-hydroxylation sites is 1. The van der Waals surface area contributed by atoms with Crippen molar-refractivity contribution in [2.75, 3.05) is 10.6 Å². The summed E-state index contributed by atoms with van der Waals surface area (Å²) in [6.45, 7) is 0. The van der Waals surface area contributed by atoms with Gasteiger partial charge in [-0.1, -0.05) is 18.2 Å². The number of alkyl halides is 3. The van der Waals surface area contributed by atoms with Crippen LogP contribution in [0.15, 0.2) is 54.6 Å². The van der Waals surface area contributed by atoms with Gasteiger partial charge >= 0.3 is 12.4 Å². The number of carbonyl (C=O) groups excluding carboxylic acids is 2. The zero-order valence-corrected chi connectivity index (χ0v) is 13.2. The fraction of sp³-hybridized carbons (Fsp3) is 0.0588. The van der Waals surface area contributed by atoms with Gasteiger partial charge in [-0.25, -0.2) is 4.79 Å². The molecule has 0 heterocycles. The molecule has 0 bridgehead atoms. The monoisotopic (exact) mass is 365 g/mol. The van der Waals surface area contributed by atoms with E-state index in [1.165, 1.54) is 48.5 Å². The Morgan fingerprint density at radius 1 is 0.962 bits per heavy atom. The van der Waals surface area contributed by atoms with Gasteiger partial charge in [0.15, 0.2) is 0 Å². The van der Waals surface area contributed by atoms with Crippen LogP contribution in [0.2, 0.25) is 0 Å². The Hall–Kier alpha value is -3.49. The van der Waals surface area contributed by atoms with Crippen LogP contribution >= 0.6 is 0 Å². The maximum atomic E-state index is 12.4. The fourth-order valence-electron chi connectivity index (χ4n) is 1.96. The smallest absolute Gasteiger partial charge is 0.405 e. The molecule has 0 aliphatic carbocycles. The number of hydrogen-bond acceptors (Lipinski definition) is 3. The van der Waals surface area contributed by atoms with Crippen LogP contribution in [0.25, 0.3) is 6.08 Å². The van der Waals surface area contributed by atoms with Crippen LogP contribution in [-0.4, -0.2) is 18.3 Å². The quantitative estimate of drug-likeness (QED) is 0.705. The second-order valence-corrected chi connectivity index (χ2v) is 4.97. The summed E-state index contributed by atoms with van der Waals surface area (Å²) in [5.74, 6) is -0.964. The predicted octanol–water partition coefficient (Wildman–Crippen LogP) is 3.73. The van der Waals surface area contributed by atoms with Crippen molar-refractivity contribution in [1.29, 1.82) is 0 Å². The first-order valence-electron chi connectivity index (χ1n) is 7.23. The number of primary amides is 1. The Labute approximate surface area is 146 Å². The Balaban J connectivity index is 2.03. The molecule has 0 spiro atoms. The van der Waals surface area contributed by atoms with E-state index in [0.717, 1.165) is 12.1 Å². The minimum absolute atomic E-state index is 0.0981. The first kappa shape index (κ1) is 18.8. The van der Waals surface area contributed by atoms with E-state index in [2.05, 4.69) is 15.4 Å². The lowest BCUT2D eigenvalue weighted by Crippen LogP contribution is -2.19. The van der Waals surface area contributed by atoms with Crippen LogP contribution in [0.4, 0.5) is 29.3 Å². The zero-order valence-electron chi connectivity index (χ0n) is 13.2. The molecule has 2 rings (SSSR count). The summed E-state index contributed by atoms with van der Waals surface area (Å²) in [6.07, 6.45) is -2.54. The number of anilines is 2. The Kier molecular flexibility index (Phi) is 5.84. The molecule has 3 amide bonds. The third-order valence-corrected chi connectivity index (χ3v) is 2.98. The lowest BCUT2D eigenvalue weighted by molar-refractivity contribution is -0.274. The lowest BCUT2D eigenvalue weighted by Gasteiger charge is -2.11. The van der Waals surface area contributed by atoms with E-state index in [-0.39, 0.29) is 5.56 Å². The molecule has 4 N–H and O–H groups in total. The van der Waals surface area contributed by atoms with Gasteiger partial charge in [0, 0.05) is 23.0 Å². The lowest BCUT2D eigenvalue weighted by atomic mass is 10.2. The number of benzene rings is 2. The third kappa shape index (κ3) is 6.19. The van der Waals surface area contributed by atoms with Gasteiger partial charge in [0.05, 0.1) is 0 Å². The van der Waals surface area contributed by atoms with Gasteiger partial charge < -0.3 is 21.1 Å². The van der Waals surface area contributed by atoms with Crippen LogP contribution < -0.4 is 21.1 Å². The standard InChI is InChI=1S/C17H14F3N3O3/c18-17(19,20)26-14-4-2-1-3-11(14)5-10-15(24)22-12-6-8-13(9-7-12)23-16(21)25/h1-10H,(H,22,24)(H3,21,23,25)/b10-5+. The van der Waals surface area contributed by atoms with E-state index in [0.29, 0.717) is 11.4 Å². The van der Waals surface area contributed by atoms with Crippen LogP contribution in [-0.2, 0) is 4.79 Å². The molecule has 0 aliphatic heterocycles. The first-order valence-corrected chi connectivity index (χ1v) is 7.23. The molecular formula is C17H14F3N3O3. The molecule has 0 unspecified atom stereocenters. The highest BCUT2D eigenvalue weighted by molar-refractivity contribution is 6.02. The van der Waals surface area contributed by atoms with Crippen molar-refractivity contribution in [2.24, 2.45) is 5.73 Å². The number of halogens is 3. The molecule has 0 fully saturated rings. The SMILES string of the molecule is NC(=O)Nc1ccc(NC(=O)/C=C/c2ccccc2OC(F)(F)F)cc1. The summed E-state index contributed by atoms with van der Waals surface area (Å²) in [6, 6.07) is 10.8. The summed E-state index contributed by atoms with van der Waals surface area (Å²) in [7, 11) is 0. The van der Waals surface area contributed by atoms with Gasteiger partial charge in [-0.2, -0.15) is 0 Å². The van der Waals surface area contributed by atoms with Gasteiger partial charge in [0.25, 0.3) is 0 Å². The van der Waals surface area contributed by atoms with Crippen molar-refractivity contribution in [2.45, 2.75) is 6.36 Å². The predicted molar refractivity (Wildman–Crippen MR) is 90.4 cm³/mol. The first-order chi connectivity index (χ1) is 12.2. The minimum Gasteiger partial charge on any atom is -0.405 e. The Bertz CT molecular complexity index is 818. The van der Waals surface area contributed by atoms with Crippen LogP contribution in [0.1, 0.15) is 5.56 Å². The summed E-state index contributed by atoms with van der Waals surface area (Å²) < 4.78 is 41.0. The van der Waals surface area contributed by atoms with Gasteiger partial charge in [-0.3, -0.25) is 4.79 Å². The normalized spacial score (nSPS) is 11.2. The minimum atomic E-state index is -4.83. The van der Waals surface area contributed by atoms with E-state index >= 15 is 0 Å². The molecule has 136 valence electrons. The number of hydrogen-bond donors (Lipinski definition) is 3. The largest absolute Gasteiger partial charge is 0.573 e. The van der Waals surface area contributed by atoms with Crippen LogP contribution in [0.3, 0.4) is 0 Å². The highest BCUT2D eigenvalue weighted by Crippen LogP contribution is 2.27. The molecule has 2 aromatic carbocycles. The third-order valence-electron chi connectivity index (χ3n) is 2.98. The number of carbonyl (C=O) groups is 2. The van der Waals surface area contributed by atoms with Gasteiger partial charge in [-0.05, 0) is 36.4 Å². The molecule has 0 aliphatic rings. The summed E-state index contributed by atoms with van der Waals surface area (Å²) in [5.41, 5.74) is 5.95. The molecular weight excluding hydrogens is 351 g/mol. The van der Waals surface area contributed by atoms with Gasteiger partial charge in [0.2, 0.25) is 5.91 Å². The Morgan fingerprint density at radius 2 is 1.54 bits per heavy atom. The number of ether oxygens (including phenoxy) is 1. The number of nitrogens with one attached hydrogen (secondary N) is 2. The number of urea groups is 1. The van der Waals surface area contributed by atoms with E-state index in [1.807, 2.05) is 0 Å². The average molecular weight is 365 g/mol. The fourth-order valence-corrected chi connectivity index (χ4v) is 1.96. The summed E-state index contributed by atoms with van der Waals surface area (Å²) in [4.78, 5) is 22.6. The Morgan fingerprint density at radius 3 is 2.12 bits per heavy atom. The van der Waals surface area contributed by atoms with Crippen molar-refractivity contribution in [1.82, 2.24) is 0 Å². The second-order valence-electron chi connectivity index (χ2n) is 4.97. The van der Waals surface area contributed by atoms with E-state index in [4.69, 9.17) is 5.73 Å². The van der Waals surface area contributed by atoms with Crippen LogP contribution in [0.5, 0.6) is 5.75 Å². The molecule has 0 atom stereocenters. The van der Waals surface area contributed by atoms with Crippen molar-refractivity contribution in [3.05, 3.63) is 60.2 Å². The maximum absolute atomic E-state index is 12.4. The van der Waals surface area contributed by atoms with Crippen LogP contribution in [0, 0.1) is 0 Å². The van der Waals surface area contributed by atoms with E-state index in [1.54, 1.807) is 0 Å². The highest BCUT2D eigenvalue weighted by Gasteiger charge is 2.31. The van der Waals surface area contributed by atoms with Gasteiger partial charge in [-0.15, -0.1) is 13.2 Å². The number of rotatable bonds is 5. The average Bonchev–Trinajstić information content (AvgIpc) is 2.54. The van der Waals surface area contributed by atoms with Crippen molar-refractivity contribution < 1.29 is 27.5 Å². The highest BCUT2D eigenvalue weighted by atomic mass is 19.4. The number of nitrogens with two attached hydrogens (primary N) is 1. The number of amides is 3. The van der Waals surface area contributed by atoms with E-state index < -0.39 is 24.1 Å². The molecule has 0 saturated heterocycles. The maximum Gasteiger partial charge on any atom is 0.573 e. The van der Waals surface area contributed by atoms with E-state index in [9.17, 15) is 22.8 Å². The van der Waals surface area contributed by atoms with Crippen molar-refractivity contribution >= 4 is 29.4 Å². The molecule has 9 heteroatoms. The van der Waals surface area contributed by atoms with Gasteiger partial charge in [0.1, 0.15) is 5.75 Å². The molecule has 6 nitrogen and oxygen atoms in total. The molecule has 0 radical (unpaired) electrons. The topological polar surface area (TPSA) is 93.5 Å². The molecule has 2 aromatic rings. The van der Waals surface area contributed by atoms with Crippen molar-refractivity contribution in [3.8, 4) is 5.75 Å². The molecule has 26 heavy (non-hydrogen) atoms. The van der Waals surface area contributed by atoms with Crippen molar-refractivity contribution in [3.63, 3.8) is 0 Å². The summed E-state index contributed by atoms with van der Waals surface area (Å²) >= 11 is 0. The molecule has 0 saturated carbocycles. The zero-order chi connectivity index (χ0) is 19.2. The summed E-state index contributed by atoms with van der Waals surface area (Å²) in [5, 5.41) is 4.89. The second kappa shape index (κ2) is 8.06. The molecule has 0 aromatic heterocycles.